The second-order valence-corrected chi connectivity index (χ2v) is 21.7. The molecule has 4 fully saturated rings. The summed E-state index contributed by atoms with van der Waals surface area (Å²) in [6.45, 7) is 16.7. The van der Waals surface area contributed by atoms with Crippen LogP contribution in [0.3, 0.4) is 0 Å². The number of hydrogen-bond donors (Lipinski definition) is 6. The van der Waals surface area contributed by atoms with Crippen LogP contribution in [0.5, 0.6) is 0 Å². The number of carbonyl (C=O) groups excluding carboxylic acids is 6. The third-order valence-electron chi connectivity index (χ3n) is 14.4. The second-order valence-electron chi connectivity index (χ2n) is 21.7. The lowest BCUT2D eigenvalue weighted by Gasteiger charge is -2.37. The number of amides is 6. The number of nitrogens with zero attached hydrogens (tertiary/aromatic N) is 2. The van der Waals surface area contributed by atoms with Crippen LogP contribution in [-0.2, 0) is 38.2 Å². The Morgan fingerprint density at radius 3 is 1.19 bits per heavy atom. The Balaban J connectivity index is 0.00000840. The Morgan fingerprint density at radius 2 is 0.871 bits per heavy atom. The van der Waals surface area contributed by atoms with Gasteiger partial charge in [-0.15, -0.1) is 24.8 Å². The molecular weight excluding hydrogens is 936 g/mol. The lowest BCUT2D eigenvalue weighted by Crippen LogP contribution is -2.60. The maximum absolute atomic E-state index is 14.0. The van der Waals surface area contributed by atoms with Crippen LogP contribution in [0.25, 0.3) is 0 Å². The summed E-state index contributed by atoms with van der Waals surface area (Å²) >= 11 is 0. The molecule has 2 saturated heterocycles. The first kappa shape index (κ1) is 62.5. The predicted octanol–water partition coefficient (Wildman–Crippen LogP) is 4.26. The van der Waals surface area contributed by atoms with Crippen LogP contribution in [0.2, 0.25) is 0 Å². The van der Waals surface area contributed by atoms with Gasteiger partial charge in [-0.1, -0.05) is 91.9 Å². The van der Waals surface area contributed by atoms with Crippen molar-refractivity contribution in [2.75, 3.05) is 53.6 Å². The number of rotatable bonds is 20. The molecule has 6 N–H and O–H groups in total. The molecule has 2 saturated carbocycles. The number of likely N-dealkylation sites (tertiary alicyclic amines) is 2. The number of ether oxygens (including phenoxy) is 2. The van der Waals surface area contributed by atoms with E-state index in [4.69, 9.17) is 9.47 Å². The van der Waals surface area contributed by atoms with E-state index < -0.39 is 47.1 Å². The van der Waals surface area contributed by atoms with Gasteiger partial charge in [0, 0.05) is 13.1 Å². The summed E-state index contributed by atoms with van der Waals surface area (Å²) in [5.74, 6) is 10.7. The molecule has 2 heterocycles. The van der Waals surface area contributed by atoms with Crippen molar-refractivity contribution < 1.29 is 38.2 Å². The Morgan fingerprint density at radius 1 is 0.529 bits per heavy atom. The summed E-state index contributed by atoms with van der Waals surface area (Å²) in [7, 11) is 3.39. The normalized spacial score (nSPS) is 21.3. The molecule has 0 unspecified atom stereocenters. The van der Waals surface area contributed by atoms with E-state index in [1.54, 1.807) is 37.7 Å². The van der Waals surface area contributed by atoms with Crippen molar-refractivity contribution in [1.29, 1.82) is 0 Å². The second kappa shape index (κ2) is 30.4. The topological polar surface area (TPSA) is 200 Å². The van der Waals surface area contributed by atoms with E-state index in [2.05, 4.69) is 55.6 Å². The average molecular weight is 1020 g/mol. The fourth-order valence-electron chi connectivity index (χ4n) is 9.89. The van der Waals surface area contributed by atoms with Gasteiger partial charge in [-0.05, 0) is 114 Å². The molecule has 16 nitrogen and oxygen atoms in total. The summed E-state index contributed by atoms with van der Waals surface area (Å²) < 4.78 is 12.1. The van der Waals surface area contributed by atoms with Gasteiger partial charge in [0.25, 0.3) is 0 Å². The molecule has 0 spiro atoms. The zero-order valence-corrected chi connectivity index (χ0v) is 45.5. The highest BCUT2D eigenvalue weighted by molar-refractivity contribution is 5.95. The molecule has 0 aromatic heterocycles. The summed E-state index contributed by atoms with van der Waals surface area (Å²) in [4.78, 5) is 84.9. The first-order valence-electron chi connectivity index (χ1n) is 25.6. The van der Waals surface area contributed by atoms with Crippen molar-refractivity contribution in [3.63, 3.8) is 0 Å². The van der Waals surface area contributed by atoms with Crippen molar-refractivity contribution in [2.24, 2.45) is 22.7 Å². The van der Waals surface area contributed by atoms with Gasteiger partial charge in [-0.25, -0.2) is 0 Å². The minimum absolute atomic E-state index is 0. The van der Waals surface area contributed by atoms with Crippen LogP contribution in [0.4, 0.5) is 0 Å². The molecule has 2 aliphatic heterocycles. The maximum atomic E-state index is 14.0. The number of nitrogens with one attached hydrogen (secondary N) is 6. The van der Waals surface area contributed by atoms with E-state index in [0.29, 0.717) is 38.8 Å². The van der Waals surface area contributed by atoms with Crippen LogP contribution < -0.4 is 31.9 Å². The van der Waals surface area contributed by atoms with Crippen molar-refractivity contribution in [3.05, 3.63) is 0 Å². The van der Waals surface area contributed by atoms with Crippen molar-refractivity contribution >= 4 is 60.3 Å². The third kappa shape index (κ3) is 18.8. The summed E-state index contributed by atoms with van der Waals surface area (Å²) in [6, 6.07) is -4.22. The van der Waals surface area contributed by atoms with E-state index in [9.17, 15) is 28.8 Å². The summed E-state index contributed by atoms with van der Waals surface area (Å²) in [5, 5.41) is 18.3. The van der Waals surface area contributed by atoms with Crippen LogP contribution in [-0.4, -0.2) is 147 Å². The van der Waals surface area contributed by atoms with Gasteiger partial charge in [-0.2, -0.15) is 0 Å². The van der Waals surface area contributed by atoms with Crippen molar-refractivity contribution in [1.82, 2.24) is 41.7 Å². The number of likely N-dealkylation sites (N-methyl/N-ethyl adjacent to an activating group) is 2. The Labute approximate surface area is 432 Å². The Kier molecular flexibility index (Phi) is 27.1. The lowest BCUT2D eigenvalue weighted by molar-refractivity contribution is -0.144. The Hall–Kier alpha value is -3.64. The highest BCUT2D eigenvalue weighted by atomic mass is 35.5. The zero-order valence-electron chi connectivity index (χ0n) is 43.9. The monoisotopic (exact) mass is 1020 g/mol. The van der Waals surface area contributed by atoms with Gasteiger partial charge in [0.05, 0.1) is 37.4 Å². The number of carbonyl (C=O) groups is 6. The van der Waals surface area contributed by atoms with E-state index in [1.807, 2.05) is 41.5 Å². The third-order valence-corrected chi connectivity index (χ3v) is 14.4. The van der Waals surface area contributed by atoms with Gasteiger partial charge in [0.2, 0.25) is 35.4 Å². The van der Waals surface area contributed by atoms with E-state index in [1.165, 1.54) is 12.8 Å². The smallest absolute Gasteiger partial charge is 0.246 e. The average Bonchev–Trinajstić information content (AvgIpc) is 4.02. The van der Waals surface area contributed by atoms with Crippen LogP contribution >= 0.6 is 24.8 Å². The molecule has 0 aromatic carbocycles. The molecule has 0 aromatic rings. The van der Waals surface area contributed by atoms with Crippen LogP contribution in [0, 0.1) is 46.3 Å². The van der Waals surface area contributed by atoms with E-state index >= 15 is 0 Å². The molecule has 6 amide bonds. The standard InChI is InChI=1S/C52H86N8O8.2ClH/c1-35(53-9)45(61)57-43(51(3,4)5)49(65)59-29-21-27-41(59)47(63)55-39(37-23-15-13-16-24-37)33-67-31-19-11-12-20-32-68-34-40(38-25-17-14-18-26-38)56-48(64)42-28-22-30-60(42)50(66)44(52(6,7)8)58-46(62)36(2)54-10;;/h35-44,53-54H,13-18,21-34H2,1-10H3,(H,55,63)(H,56,64)(H,57,61)(H,58,62);2*1H/t35-,36-,39+,40+,41-,42-,43+,44+;;/m0../s1. The minimum Gasteiger partial charge on any atom is -0.367 e. The largest absolute Gasteiger partial charge is 0.367 e. The quantitative estimate of drug-likeness (QED) is 0.0757. The molecule has 4 rings (SSSR count). The molecule has 0 bridgehead atoms. The van der Waals surface area contributed by atoms with Gasteiger partial charge in [0.15, 0.2) is 0 Å². The van der Waals surface area contributed by atoms with Crippen molar-refractivity contribution in [3.8, 4) is 23.7 Å². The first-order chi connectivity index (χ1) is 32.3. The van der Waals surface area contributed by atoms with Crippen LogP contribution in [0.15, 0.2) is 0 Å². The molecule has 0 radical (unpaired) electrons. The fourth-order valence-corrected chi connectivity index (χ4v) is 9.89. The van der Waals surface area contributed by atoms with Gasteiger partial charge in [-0.3, -0.25) is 28.8 Å². The molecular formula is C52H88Cl2N8O8. The minimum atomic E-state index is -0.785. The van der Waals surface area contributed by atoms with Gasteiger partial charge < -0.3 is 51.2 Å². The highest BCUT2D eigenvalue weighted by Gasteiger charge is 2.45. The molecule has 18 heteroatoms. The molecule has 8 atom stereocenters. The maximum Gasteiger partial charge on any atom is 0.246 e. The SMILES string of the molecule is CN[C@@H](C)C(=O)N[C@H](C(=O)N1CCC[C@H]1C(=O)N[C@H](COCC#CC#CCOC[C@@H](NC(=O)[C@@H]1CCCN1C(=O)[C@@H](NC(=O)[C@H](C)NC)C(C)(C)C)C1CCCCC1)C1CCCCC1)C(C)(C)C.Cl.Cl. The predicted molar refractivity (Wildman–Crippen MR) is 278 cm³/mol. The first-order valence-corrected chi connectivity index (χ1v) is 25.6. The molecule has 70 heavy (non-hydrogen) atoms. The Bertz CT molecular complexity index is 1690. The molecule has 398 valence electrons. The molecule has 4 aliphatic rings. The van der Waals surface area contributed by atoms with Gasteiger partial charge >= 0.3 is 0 Å². The van der Waals surface area contributed by atoms with Gasteiger partial charge in [0.1, 0.15) is 37.4 Å². The highest BCUT2D eigenvalue weighted by Crippen LogP contribution is 2.31. The lowest BCUT2D eigenvalue weighted by atomic mass is 9.84. The van der Waals surface area contributed by atoms with Crippen molar-refractivity contribution in [2.45, 2.75) is 194 Å². The number of halogens is 2. The molecule has 2 aliphatic carbocycles. The number of hydrogen-bond acceptors (Lipinski definition) is 10. The van der Waals surface area contributed by atoms with Crippen LogP contribution in [0.1, 0.15) is 145 Å². The summed E-state index contributed by atoms with van der Waals surface area (Å²) in [6.07, 6.45) is 13.1. The van der Waals surface area contributed by atoms with E-state index in [-0.39, 0.29) is 111 Å². The zero-order chi connectivity index (χ0) is 50.0. The fraction of sp³-hybridized carbons (Fsp3) is 0.808. The summed E-state index contributed by atoms with van der Waals surface area (Å²) in [5.41, 5.74) is -1.13. The van der Waals surface area contributed by atoms with E-state index in [0.717, 1.165) is 51.4 Å².